The van der Waals surface area contributed by atoms with Crippen molar-refractivity contribution >= 4 is 17.3 Å². The van der Waals surface area contributed by atoms with Gasteiger partial charge in [0, 0.05) is 9.75 Å². The molecule has 0 aliphatic heterocycles. The lowest BCUT2D eigenvalue weighted by atomic mass is 9.96. The molecule has 1 atom stereocenters. The molecule has 1 heterocycles. The summed E-state index contributed by atoms with van der Waals surface area (Å²) in [6, 6.07) is 1.65. The molecule has 0 bridgehead atoms. The molecule has 0 saturated carbocycles. The highest BCUT2D eigenvalue weighted by atomic mass is 32.1. The number of alkyl halides is 2. The summed E-state index contributed by atoms with van der Waals surface area (Å²) in [5, 5.41) is 8.56. The van der Waals surface area contributed by atoms with Crippen LogP contribution in [0.5, 0.6) is 0 Å². The molecule has 0 aliphatic carbocycles. The van der Waals surface area contributed by atoms with E-state index in [1.54, 1.807) is 13.0 Å². The summed E-state index contributed by atoms with van der Waals surface area (Å²) in [6.07, 6.45) is -3.15. The molecule has 2 nitrogen and oxygen atoms in total. The van der Waals surface area contributed by atoms with Gasteiger partial charge in [-0.1, -0.05) is 0 Å². The van der Waals surface area contributed by atoms with E-state index in [0.717, 1.165) is 9.75 Å². The lowest BCUT2D eigenvalue weighted by Gasteiger charge is -2.13. The number of hydrogen-bond donors (Lipinski definition) is 1. The molecule has 1 aromatic heterocycles. The van der Waals surface area contributed by atoms with Crippen molar-refractivity contribution in [3.8, 4) is 0 Å². The molecule has 5 heteroatoms. The number of halogens is 2. The molecule has 1 rings (SSSR count). The largest absolute Gasteiger partial charge is 0.481 e. The number of carbonyl (C=O) groups is 1. The van der Waals surface area contributed by atoms with Crippen LogP contribution >= 0.6 is 11.3 Å². The third kappa shape index (κ3) is 2.99. The Hall–Kier alpha value is -0.970. The van der Waals surface area contributed by atoms with E-state index in [1.807, 2.05) is 6.92 Å². The fourth-order valence-electron chi connectivity index (χ4n) is 1.54. The van der Waals surface area contributed by atoms with Gasteiger partial charge in [0.1, 0.15) is 0 Å². The maximum atomic E-state index is 12.7. The van der Waals surface area contributed by atoms with Crippen molar-refractivity contribution in [1.29, 1.82) is 0 Å². The molecule has 1 aromatic rings. The van der Waals surface area contributed by atoms with Crippen LogP contribution < -0.4 is 0 Å². The fraction of sp³-hybridized carbons (Fsp3) is 0.500. The zero-order valence-electron chi connectivity index (χ0n) is 8.46. The van der Waals surface area contributed by atoms with Crippen LogP contribution in [0, 0.1) is 13.8 Å². The summed E-state index contributed by atoms with van der Waals surface area (Å²) in [5.41, 5.74) is 0.468. The van der Waals surface area contributed by atoms with E-state index in [1.165, 1.54) is 11.3 Å². The van der Waals surface area contributed by atoms with Crippen LogP contribution in [0.1, 0.15) is 27.7 Å². The van der Waals surface area contributed by atoms with E-state index in [2.05, 4.69) is 0 Å². The van der Waals surface area contributed by atoms with Crippen LogP contribution in [0.25, 0.3) is 0 Å². The second-order valence-corrected chi connectivity index (χ2v) is 4.87. The SMILES string of the molecule is Cc1cc(C(CC(=O)O)C(F)F)c(C)s1. The molecule has 0 aliphatic rings. The molecule has 1 unspecified atom stereocenters. The molecular formula is C10H12F2O2S. The van der Waals surface area contributed by atoms with Gasteiger partial charge in [0.05, 0.1) is 12.3 Å². The minimum absolute atomic E-state index is 0.468. The van der Waals surface area contributed by atoms with Gasteiger partial charge in [0.2, 0.25) is 6.43 Å². The lowest BCUT2D eigenvalue weighted by Crippen LogP contribution is -2.14. The van der Waals surface area contributed by atoms with E-state index in [9.17, 15) is 13.6 Å². The summed E-state index contributed by atoms with van der Waals surface area (Å²) < 4.78 is 25.4. The predicted octanol–water partition coefficient (Wildman–Crippen LogP) is 3.19. The molecule has 1 N–H and O–H groups in total. The second-order valence-electron chi connectivity index (χ2n) is 3.41. The van der Waals surface area contributed by atoms with Gasteiger partial charge in [-0.2, -0.15) is 0 Å². The normalized spacial score (nSPS) is 13.1. The molecule has 0 spiro atoms. The first-order valence-corrected chi connectivity index (χ1v) is 5.30. The highest BCUT2D eigenvalue weighted by molar-refractivity contribution is 7.12. The third-order valence-electron chi connectivity index (χ3n) is 2.18. The summed E-state index contributed by atoms with van der Waals surface area (Å²) >= 11 is 1.42. The minimum Gasteiger partial charge on any atom is -0.481 e. The topological polar surface area (TPSA) is 37.3 Å². The van der Waals surface area contributed by atoms with Crippen molar-refractivity contribution in [2.75, 3.05) is 0 Å². The number of rotatable bonds is 4. The average molecular weight is 234 g/mol. The number of carboxylic acid groups (broad SMARTS) is 1. The van der Waals surface area contributed by atoms with Gasteiger partial charge in [-0.05, 0) is 25.5 Å². The maximum absolute atomic E-state index is 12.7. The molecule has 0 saturated heterocycles. The highest BCUT2D eigenvalue weighted by Crippen LogP contribution is 2.33. The minimum atomic E-state index is -2.63. The lowest BCUT2D eigenvalue weighted by molar-refractivity contribution is -0.138. The molecule has 0 aromatic carbocycles. The zero-order chi connectivity index (χ0) is 11.6. The van der Waals surface area contributed by atoms with Crippen molar-refractivity contribution in [1.82, 2.24) is 0 Å². The molecule has 0 radical (unpaired) electrons. The Morgan fingerprint density at radius 3 is 2.47 bits per heavy atom. The summed E-state index contributed by atoms with van der Waals surface area (Å²) in [5.74, 6) is -2.38. The van der Waals surface area contributed by atoms with Crippen molar-refractivity contribution in [2.45, 2.75) is 32.6 Å². The molecule has 15 heavy (non-hydrogen) atoms. The van der Waals surface area contributed by atoms with Crippen molar-refractivity contribution < 1.29 is 18.7 Å². The van der Waals surface area contributed by atoms with Crippen LogP contribution in [0.2, 0.25) is 0 Å². The maximum Gasteiger partial charge on any atom is 0.304 e. The van der Waals surface area contributed by atoms with E-state index >= 15 is 0 Å². The average Bonchev–Trinajstić information content (AvgIpc) is 2.40. The van der Waals surface area contributed by atoms with Crippen molar-refractivity contribution in [3.63, 3.8) is 0 Å². The second kappa shape index (κ2) is 4.70. The Bertz CT molecular complexity index is 360. The zero-order valence-corrected chi connectivity index (χ0v) is 9.28. The predicted molar refractivity (Wildman–Crippen MR) is 54.8 cm³/mol. The van der Waals surface area contributed by atoms with E-state index in [-0.39, 0.29) is 0 Å². The number of aliphatic carboxylic acids is 1. The number of aryl methyl sites for hydroxylation is 2. The number of carboxylic acids is 1. The van der Waals surface area contributed by atoms with Gasteiger partial charge in [-0.3, -0.25) is 4.79 Å². The highest BCUT2D eigenvalue weighted by Gasteiger charge is 2.27. The Balaban J connectivity index is 2.98. The van der Waals surface area contributed by atoms with Crippen LogP contribution in [0.4, 0.5) is 8.78 Å². The first-order valence-electron chi connectivity index (χ1n) is 4.48. The van der Waals surface area contributed by atoms with Crippen molar-refractivity contribution in [3.05, 3.63) is 21.4 Å². The summed E-state index contributed by atoms with van der Waals surface area (Å²) in [7, 11) is 0. The first kappa shape index (κ1) is 12.1. The summed E-state index contributed by atoms with van der Waals surface area (Å²) in [4.78, 5) is 12.2. The summed E-state index contributed by atoms with van der Waals surface area (Å²) in [6.45, 7) is 3.56. The Labute approximate surface area is 90.5 Å². The Morgan fingerprint density at radius 1 is 1.53 bits per heavy atom. The van der Waals surface area contributed by atoms with Crippen LogP contribution in [0.15, 0.2) is 6.07 Å². The van der Waals surface area contributed by atoms with E-state index < -0.39 is 24.7 Å². The van der Waals surface area contributed by atoms with Crippen LogP contribution in [-0.2, 0) is 4.79 Å². The molecular weight excluding hydrogens is 222 g/mol. The van der Waals surface area contributed by atoms with Gasteiger partial charge in [-0.15, -0.1) is 11.3 Å². The van der Waals surface area contributed by atoms with Gasteiger partial charge >= 0.3 is 5.97 Å². The van der Waals surface area contributed by atoms with Crippen molar-refractivity contribution in [2.24, 2.45) is 0 Å². The Morgan fingerprint density at radius 2 is 2.13 bits per heavy atom. The van der Waals surface area contributed by atoms with E-state index in [0.29, 0.717) is 5.56 Å². The van der Waals surface area contributed by atoms with Gasteiger partial charge in [0.25, 0.3) is 0 Å². The smallest absolute Gasteiger partial charge is 0.304 e. The third-order valence-corrected chi connectivity index (χ3v) is 3.16. The number of thiophene rings is 1. The molecule has 84 valence electrons. The quantitative estimate of drug-likeness (QED) is 0.868. The Kier molecular flexibility index (Phi) is 3.79. The number of hydrogen-bond acceptors (Lipinski definition) is 2. The van der Waals surface area contributed by atoms with Gasteiger partial charge in [-0.25, -0.2) is 8.78 Å². The fourth-order valence-corrected chi connectivity index (χ4v) is 2.54. The molecule has 0 fully saturated rings. The van der Waals surface area contributed by atoms with Gasteiger partial charge < -0.3 is 5.11 Å². The molecule has 0 amide bonds. The van der Waals surface area contributed by atoms with Gasteiger partial charge in [0.15, 0.2) is 0 Å². The van der Waals surface area contributed by atoms with E-state index in [4.69, 9.17) is 5.11 Å². The first-order chi connectivity index (χ1) is 6.91. The monoisotopic (exact) mass is 234 g/mol. The van der Waals surface area contributed by atoms with Crippen LogP contribution in [-0.4, -0.2) is 17.5 Å². The van der Waals surface area contributed by atoms with Crippen LogP contribution in [0.3, 0.4) is 0 Å². The standard InChI is InChI=1S/C10H12F2O2S/c1-5-3-7(6(2)15-5)8(10(11)12)4-9(13)14/h3,8,10H,4H2,1-2H3,(H,13,14).